The Morgan fingerprint density at radius 2 is 1.58 bits per heavy atom. The molecule has 6 rings (SSSR count). The topological polar surface area (TPSA) is 97.7 Å². The Labute approximate surface area is 312 Å². The van der Waals surface area contributed by atoms with Gasteiger partial charge in [0.05, 0.1) is 11.8 Å². The van der Waals surface area contributed by atoms with Crippen molar-refractivity contribution in [2.75, 3.05) is 0 Å². The largest absolute Gasteiger partial charge is 0.481 e. The average Bonchev–Trinajstić information content (AvgIpc) is 3.35. The summed E-state index contributed by atoms with van der Waals surface area (Å²) in [7, 11) is 0. The minimum atomic E-state index is -1.16. The first kappa shape index (κ1) is 38.7. The molecule has 5 aliphatic carbocycles. The smallest absolute Gasteiger partial charge is 0.309 e. The summed E-state index contributed by atoms with van der Waals surface area (Å²) in [5.41, 5.74) is 2.96. The number of Topliss-reactive ketones (excluding diaryl/α,β-unsaturated/α-hetero) is 1. The first-order valence-corrected chi connectivity index (χ1v) is 20.1. The molecule has 0 aromatic heterocycles. The summed E-state index contributed by atoms with van der Waals surface area (Å²) in [5, 5.41) is 9.60. The van der Waals surface area contributed by atoms with Crippen LogP contribution in [0.2, 0.25) is 0 Å². The highest BCUT2D eigenvalue weighted by Gasteiger charge is 2.70. The number of carboxylic acids is 1. The standard InChI is InChI=1S/C46H64O6/c1-28(2)38-33(48)26-46(22-17-31(47)25-30-13-11-29(3)12-14-30)24-23-44(9)32(39(38)46)15-16-35-43(8)20-19-36(52-37(49)27-41(4,5)40(50)51)42(6,7)34(43)18-21-45(35,44)10/h11-14,17,22,28,32,34-36H,15-16,18-21,23-27H2,1-10H3,(H,50,51)/b22-17+/t32-,34+,35-,36+,43+,44-,45-,46+/m1/s1. The fourth-order valence-electron chi connectivity index (χ4n) is 12.9. The fraction of sp³-hybridized carbons (Fsp3) is 0.696. The van der Waals surface area contributed by atoms with Gasteiger partial charge in [0.2, 0.25) is 0 Å². The molecular weight excluding hydrogens is 649 g/mol. The molecule has 284 valence electrons. The van der Waals surface area contributed by atoms with E-state index < -0.39 is 17.4 Å². The van der Waals surface area contributed by atoms with Gasteiger partial charge in [0, 0.05) is 23.7 Å². The van der Waals surface area contributed by atoms with Crippen LogP contribution in [0.5, 0.6) is 0 Å². The predicted octanol–water partition coefficient (Wildman–Crippen LogP) is 10.1. The Morgan fingerprint density at radius 1 is 0.904 bits per heavy atom. The minimum Gasteiger partial charge on any atom is -0.481 e. The first-order valence-electron chi connectivity index (χ1n) is 20.1. The molecule has 0 aliphatic heterocycles. The lowest BCUT2D eigenvalue weighted by Gasteiger charge is -2.72. The van der Waals surface area contributed by atoms with Gasteiger partial charge in [-0.3, -0.25) is 19.2 Å². The van der Waals surface area contributed by atoms with Crippen LogP contribution in [0.1, 0.15) is 138 Å². The van der Waals surface area contributed by atoms with Gasteiger partial charge >= 0.3 is 11.9 Å². The molecule has 6 heteroatoms. The van der Waals surface area contributed by atoms with Gasteiger partial charge in [-0.05, 0) is 135 Å². The van der Waals surface area contributed by atoms with E-state index in [0.29, 0.717) is 30.6 Å². The van der Waals surface area contributed by atoms with E-state index in [1.807, 2.05) is 12.1 Å². The molecular formula is C46H64O6. The lowest BCUT2D eigenvalue weighted by molar-refractivity contribution is -0.232. The number of carbonyl (C=O) groups is 4. The third-order valence-corrected chi connectivity index (χ3v) is 15.9. The summed E-state index contributed by atoms with van der Waals surface area (Å²) in [6.07, 6.45) is 12.4. The molecule has 1 aromatic rings. The second-order valence-corrected chi connectivity index (χ2v) is 20.0. The fourth-order valence-corrected chi connectivity index (χ4v) is 12.9. The van der Waals surface area contributed by atoms with Crippen molar-refractivity contribution in [2.24, 2.45) is 56.2 Å². The molecule has 0 heterocycles. The van der Waals surface area contributed by atoms with Crippen LogP contribution in [0.3, 0.4) is 0 Å². The molecule has 1 N–H and O–H groups in total. The van der Waals surface area contributed by atoms with Crippen molar-refractivity contribution in [3.8, 4) is 0 Å². The van der Waals surface area contributed by atoms with Crippen LogP contribution in [0.15, 0.2) is 47.6 Å². The van der Waals surface area contributed by atoms with E-state index in [1.54, 1.807) is 19.9 Å². The predicted molar refractivity (Wildman–Crippen MR) is 204 cm³/mol. The van der Waals surface area contributed by atoms with Gasteiger partial charge in [-0.25, -0.2) is 0 Å². The van der Waals surface area contributed by atoms with Crippen LogP contribution in [0, 0.1) is 63.1 Å². The highest BCUT2D eigenvalue weighted by molar-refractivity contribution is 6.01. The molecule has 6 nitrogen and oxygen atoms in total. The summed E-state index contributed by atoms with van der Waals surface area (Å²) >= 11 is 0. The Balaban J connectivity index is 1.28. The number of allylic oxidation sites excluding steroid dienone is 4. The molecule has 5 aliphatic rings. The number of ether oxygens (including phenoxy) is 1. The number of aliphatic carboxylic acids is 1. The molecule has 0 spiro atoms. The molecule has 8 atom stereocenters. The minimum absolute atomic E-state index is 0.0170. The van der Waals surface area contributed by atoms with Gasteiger partial charge in [0.1, 0.15) is 6.10 Å². The molecule has 1 aromatic carbocycles. The van der Waals surface area contributed by atoms with Crippen LogP contribution in [-0.4, -0.2) is 34.7 Å². The van der Waals surface area contributed by atoms with Crippen LogP contribution in [0.25, 0.3) is 0 Å². The van der Waals surface area contributed by atoms with Crippen molar-refractivity contribution in [3.05, 3.63) is 58.7 Å². The van der Waals surface area contributed by atoms with Crippen LogP contribution in [-0.2, 0) is 30.3 Å². The van der Waals surface area contributed by atoms with Crippen molar-refractivity contribution in [1.82, 2.24) is 0 Å². The van der Waals surface area contributed by atoms with Crippen molar-refractivity contribution < 1.29 is 29.0 Å². The third kappa shape index (κ3) is 6.06. The number of rotatable bonds is 9. The van der Waals surface area contributed by atoms with Gasteiger partial charge in [0.15, 0.2) is 11.6 Å². The quantitative estimate of drug-likeness (QED) is 0.202. The van der Waals surface area contributed by atoms with Crippen molar-refractivity contribution in [2.45, 2.75) is 146 Å². The van der Waals surface area contributed by atoms with Gasteiger partial charge in [-0.1, -0.05) is 84.4 Å². The van der Waals surface area contributed by atoms with Crippen molar-refractivity contribution >= 4 is 23.5 Å². The molecule has 0 saturated heterocycles. The number of carbonyl (C=O) groups excluding carboxylic acids is 3. The number of hydrogen-bond donors (Lipinski definition) is 1. The highest BCUT2D eigenvalue weighted by atomic mass is 16.5. The molecule has 4 fully saturated rings. The lowest BCUT2D eigenvalue weighted by atomic mass is 9.33. The third-order valence-electron chi connectivity index (χ3n) is 15.9. The average molecular weight is 713 g/mol. The molecule has 4 saturated carbocycles. The van der Waals surface area contributed by atoms with Crippen LogP contribution >= 0.6 is 0 Å². The van der Waals surface area contributed by atoms with Gasteiger partial charge in [0.25, 0.3) is 0 Å². The second kappa shape index (κ2) is 13.1. The Bertz CT molecular complexity index is 1690. The second-order valence-electron chi connectivity index (χ2n) is 20.0. The molecule has 0 radical (unpaired) electrons. The van der Waals surface area contributed by atoms with Gasteiger partial charge in [-0.2, -0.15) is 0 Å². The summed E-state index contributed by atoms with van der Waals surface area (Å²) in [4.78, 5) is 52.2. The maximum absolute atomic E-state index is 14.0. The maximum atomic E-state index is 14.0. The van der Waals surface area contributed by atoms with E-state index in [9.17, 15) is 24.3 Å². The molecule has 0 unspecified atom stereocenters. The van der Waals surface area contributed by atoms with Crippen molar-refractivity contribution in [3.63, 3.8) is 0 Å². The molecule has 0 bridgehead atoms. The first-order chi connectivity index (χ1) is 24.1. The normalized spacial score (nSPS) is 36.9. The summed E-state index contributed by atoms with van der Waals surface area (Å²) in [6, 6.07) is 8.17. The van der Waals surface area contributed by atoms with Gasteiger partial charge in [-0.15, -0.1) is 0 Å². The number of fused-ring (bicyclic) bond motifs is 7. The van der Waals surface area contributed by atoms with Gasteiger partial charge < -0.3 is 9.84 Å². The Morgan fingerprint density at radius 3 is 2.21 bits per heavy atom. The summed E-state index contributed by atoms with van der Waals surface area (Å²) in [5.74, 6) is 0.272. The van der Waals surface area contributed by atoms with E-state index in [0.717, 1.165) is 62.5 Å². The summed E-state index contributed by atoms with van der Waals surface area (Å²) in [6.45, 7) is 21.7. The van der Waals surface area contributed by atoms with E-state index in [2.05, 4.69) is 73.6 Å². The number of hydrogen-bond acceptors (Lipinski definition) is 5. The number of carboxylic acid groups (broad SMARTS) is 1. The zero-order chi connectivity index (χ0) is 38.2. The molecule has 52 heavy (non-hydrogen) atoms. The zero-order valence-electron chi connectivity index (χ0n) is 33.6. The highest BCUT2D eigenvalue weighted by Crippen LogP contribution is 2.77. The lowest BCUT2D eigenvalue weighted by Crippen LogP contribution is -2.65. The Hall–Kier alpha value is -3.02. The van der Waals surface area contributed by atoms with E-state index in [-0.39, 0.29) is 57.1 Å². The van der Waals surface area contributed by atoms with E-state index >= 15 is 0 Å². The SMILES string of the molecule is Cc1ccc(CC(=O)/C=C/[C@@]23CC[C@]4(C)[C@H](CC[C@@H]5[C@@]6(C)CC[C@H](OC(=O)CC(C)(C)C(=O)O)C(C)(C)[C@@H]6CC[C@]54C)C2=C(C(C)C)C(=O)C3)cc1. The van der Waals surface area contributed by atoms with Crippen LogP contribution in [0.4, 0.5) is 0 Å². The Kier molecular flexibility index (Phi) is 9.73. The monoisotopic (exact) mass is 712 g/mol. The van der Waals surface area contributed by atoms with E-state index in [4.69, 9.17) is 4.74 Å². The van der Waals surface area contributed by atoms with Crippen molar-refractivity contribution in [1.29, 1.82) is 0 Å². The number of ketones is 2. The molecule has 0 amide bonds. The number of benzene rings is 1. The van der Waals surface area contributed by atoms with Crippen LogP contribution < -0.4 is 0 Å². The van der Waals surface area contributed by atoms with E-state index in [1.165, 1.54) is 11.1 Å². The number of aryl methyl sites for hydroxylation is 1. The maximum Gasteiger partial charge on any atom is 0.309 e. The zero-order valence-corrected chi connectivity index (χ0v) is 33.6. The summed E-state index contributed by atoms with van der Waals surface area (Å²) < 4.78 is 6.16. The number of esters is 1.